The molecule has 0 aliphatic heterocycles. The number of hydrogen-bond acceptors (Lipinski definition) is 5. The van der Waals surface area contributed by atoms with Crippen molar-refractivity contribution in [2.75, 3.05) is 7.05 Å². The summed E-state index contributed by atoms with van der Waals surface area (Å²) in [5, 5.41) is 2.19. The van der Waals surface area contributed by atoms with Crippen LogP contribution in [0.3, 0.4) is 0 Å². The van der Waals surface area contributed by atoms with Crippen molar-refractivity contribution >= 4 is 5.97 Å². The molecule has 0 atom stereocenters. The normalized spacial score (nSPS) is 10.1. The van der Waals surface area contributed by atoms with Gasteiger partial charge in [0.2, 0.25) is 0 Å². The van der Waals surface area contributed by atoms with Crippen molar-refractivity contribution in [1.82, 2.24) is 10.6 Å². The summed E-state index contributed by atoms with van der Waals surface area (Å²) in [5.74, 6) is 0.0970. The molecule has 1 aromatic heterocycles. The molecule has 0 saturated heterocycles. The van der Waals surface area contributed by atoms with Crippen LogP contribution < -0.4 is 11.0 Å². The molecular formula is C8H12N2O4. The van der Waals surface area contributed by atoms with E-state index in [4.69, 9.17) is 4.52 Å². The van der Waals surface area contributed by atoms with E-state index in [0.717, 1.165) is 0 Å². The van der Waals surface area contributed by atoms with E-state index >= 15 is 0 Å². The molecule has 1 heterocycles. The first-order chi connectivity index (χ1) is 6.65. The molecule has 0 spiro atoms. The van der Waals surface area contributed by atoms with Gasteiger partial charge in [0.25, 0.3) is 5.56 Å². The summed E-state index contributed by atoms with van der Waals surface area (Å²) in [4.78, 5) is 26.5. The van der Waals surface area contributed by atoms with Gasteiger partial charge in [-0.2, -0.15) is 10.6 Å². The van der Waals surface area contributed by atoms with E-state index in [0.29, 0.717) is 17.7 Å². The van der Waals surface area contributed by atoms with Crippen LogP contribution in [0.25, 0.3) is 0 Å². The zero-order valence-corrected chi connectivity index (χ0v) is 8.05. The van der Waals surface area contributed by atoms with E-state index in [9.17, 15) is 9.59 Å². The SMILES string of the molecule is CNOC(=O)CCc1c(C)o[nH]c1=O. The van der Waals surface area contributed by atoms with Crippen LogP contribution in [-0.4, -0.2) is 18.2 Å². The minimum absolute atomic E-state index is 0.143. The third-order valence-corrected chi connectivity index (χ3v) is 1.79. The Labute approximate surface area is 80.2 Å². The van der Waals surface area contributed by atoms with Gasteiger partial charge in [0.05, 0.1) is 12.0 Å². The van der Waals surface area contributed by atoms with Crippen molar-refractivity contribution < 1.29 is 14.2 Å². The van der Waals surface area contributed by atoms with Gasteiger partial charge in [0, 0.05) is 7.05 Å². The lowest BCUT2D eigenvalue weighted by Gasteiger charge is -1.99. The van der Waals surface area contributed by atoms with E-state index in [1.54, 1.807) is 6.92 Å². The van der Waals surface area contributed by atoms with E-state index in [1.165, 1.54) is 7.05 Å². The molecule has 0 radical (unpaired) electrons. The first-order valence-corrected chi connectivity index (χ1v) is 4.18. The molecule has 14 heavy (non-hydrogen) atoms. The monoisotopic (exact) mass is 200 g/mol. The average Bonchev–Trinajstić information content (AvgIpc) is 2.44. The van der Waals surface area contributed by atoms with Gasteiger partial charge in [-0.15, -0.1) is 0 Å². The summed E-state index contributed by atoms with van der Waals surface area (Å²) in [6, 6.07) is 0. The number of hydrogen-bond donors (Lipinski definition) is 2. The number of rotatable bonds is 4. The summed E-state index contributed by atoms with van der Waals surface area (Å²) in [7, 11) is 1.49. The molecule has 6 nitrogen and oxygen atoms in total. The third-order valence-electron chi connectivity index (χ3n) is 1.79. The molecule has 0 bridgehead atoms. The number of aromatic amines is 1. The molecule has 0 amide bonds. The summed E-state index contributed by atoms with van der Waals surface area (Å²) < 4.78 is 4.78. The zero-order chi connectivity index (χ0) is 10.6. The fourth-order valence-electron chi connectivity index (χ4n) is 1.09. The molecule has 0 aliphatic rings. The van der Waals surface area contributed by atoms with Gasteiger partial charge in [-0.3, -0.25) is 9.59 Å². The van der Waals surface area contributed by atoms with Crippen LogP contribution in [-0.2, 0) is 16.1 Å². The van der Waals surface area contributed by atoms with Crippen molar-refractivity contribution in [3.8, 4) is 0 Å². The lowest BCUT2D eigenvalue weighted by Crippen LogP contribution is -2.17. The van der Waals surface area contributed by atoms with Crippen molar-refractivity contribution in [2.24, 2.45) is 0 Å². The Hall–Kier alpha value is -1.56. The molecule has 78 valence electrons. The molecule has 0 aromatic carbocycles. The molecular weight excluding hydrogens is 188 g/mol. The van der Waals surface area contributed by atoms with Crippen molar-refractivity contribution in [1.29, 1.82) is 0 Å². The predicted octanol–water partition coefficient (Wildman–Crippen LogP) is -0.113. The van der Waals surface area contributed by atoms with Gasteiger partial charge in [-0.05, 0) is 13.3 Å². The Bertz CT molecular complexity index is 366. The van der Waals surface area contributed by atoms with Gasteiger partial charge in [0.1, 0.15) is 5.76 Å². The molecule has 0 fully saturated rings. The second kappa shape index (κ2) is 4.61. The number of carbonyl (C=O) groups is 1. The fraction of sp³-hybridized carbons (Fsp3) is 0.500. The standard InChI is InChI=1S/C8H12N2O4/c1-5-6(8(12)10-13-5)3-4-7(11)14-9-2/h9H,3-4H2,1-2H3,(H,10,12). The summed E-state index contributed by atoms with van der Waals surface area (Å²) in [6.45, 7) is 1.66. The molecule has 2 N–H and O–H groups in total. The van der Waals surface area contributed by atoms with Gasteiger partial charge >= 0.3 is 5.97 Å². The fourth-order valence-corrected chi connectivity index (χ4v) is 1.09. The van der Waals surface area contributed by atoms with Gasteiger partial charge < -0.3 is 9.36 Å². The minimum atomic E-state index is -0.410. The number of aryl methyl sites for hydroxylation is 1. The first-order valence-electron chi connectivity index (χ1n) is 4.18. The van der Waals surface area contributed by atoms with Crippen LogP contribution >= 0.6 is 0 Å². The Morgan fingerprint density at radius 3 is 2.86 bits per heavy atom. The Morgan fingerprint density at radius 1 is 1.64 bits per heavy atom. The van der Waals surface area contributed by atoms with Gasteiger partial charge in [0.15, 0.2) is 0 Å². The predicted molar refractivity (Wildman–Crippen MR) is 47.5 cm³/mol. The van der Waals surface area contributed by atoms with Crippen molar-refractivity contribution in [2.45, 2.75) is 19.8 Å². The van der Waals surface area contributed by atoms with Crippen molar-refractivity contribution in [3.05, 3.63) is 21.7 Å². The van der Waals surface area contributed by atoms with Crippen LogP contribution in [0.4, 0.5) is 0 Å². The molecule has 6 heteroatoms. The highest BCUT2D eigenvalue weighted by molar-refractivity contribution is 5.69. The lowest BCUT2D eigenvalue weighted by molar-refractivity contribution is -0.149. The molecule has 1 aromatic rings. The summed E-state index contributed by atoms with van der Waals surface area (Å²) in [6.07, 6.45) is 0.461. The maximum absolute atomic E-state index is 11.1. The second-order valence-electron chi connectivity index (χ2n) is 2.75. The zero-order valence-electron chi connectivity index (χ0n) is 8.05. The topological polar surface area (TPSA) is 84.3 Å². The number of hydroxylamine groups is 1. The minimum Gasteiger partial charge on any atom is -0.384 e. The number of aromatic nitrogens is 1. The van der Waals surface area contributed by atoms with Crippen LogP contribution in [0.5, 0.6) is 0 Å². The van der Waals surface area contributed by atoms with E-state index in [2.05, 4.69) is 15.5 Å². The van der Waals surface area contributed by atoms with Crippen molar-refractivity contribution in [3.63, 3.8) is 0 Å². The first kappa shape index (κ1) is 10.5. The number of H-pyrrole nitrogens is 1. The summed E-state index contributed by atoms with van der Waals surface area (Å²) >= 11 is 0. The molecule has 0 saturated carbocycles. The highest BCUT2D eigenvalue weighted by Gasteiger charge is 2.11. The largest absolute Gasteiger partial charge is 0.384 e. The Balaban J connectivity index is 2.53. The van der Waals surface area contributed by atoms with E-state index in [-0.39, 0.29) is 12.0 Å². The van der Waals surface area contributed by atoms with E-state index in [1.807, 2.05) is 0 Å². The Kier molecular flexibility index (Phi) is 3.47. The Morgan fingerprint density at radius 2 is 2.36 bits per heavy atom. The molecule has 1 rings (SSSR count). The third kappa shape index (κ3) is 2.46. The van der Waals surface area contributed by atoms with E-state index < -0.39 is 5.97 Å². The second-order valence-corrected chi connectivity index (χ2v) is 2.75. The van der Waals surface area contributed by atoms with Crippen LogP contribution in [0.15, 0.2) is 9.32 Å². The van der Waals surface area contributed by atoms with Gasteiger partial charge in [-0.1, -0.05) is 0 Å². The summed E-state index contributed by atoms with van der Waals surface area (Å²) in [5.41, 5.74) is 2.46. The molecule has 0 unspecified atom stereocenters. The highest BCUT2D eigenvalue weighted by Crippen LogP contribution is 2.04. The van der Waals surface area contributed by atoms with Gasteiger partial charge in [-0.25, -0.2) is 0 Å². The number of nitrogens with one attached hydrogen (secondary N) is 2. The van der Waals surface area contributed by atoms with Crippen LogP contribution in [0, 0.1) is 6.92 Å². The maximum Gasteiger partial charge on any atom is 0.325 e. The lowest BCUT2D eigenvalue weighted by atomic mass is 10.1. The molecule has 0 aliphatic carbocycles. The number of carbonyl (C=O) groups excluding carboxylic acids is 1. The maximum atomic E-state index is 11.1. The highest BCUT2D eigenvalue weighted by atomic mass is 16.7. The smallest absolute Gasteiger partial charge is 0.325 e. The van der Waals surface area contributed by atoms with Crippen LogP contribution in [0.2, 0.25) is 0 Å². The average molecular weight is 200 g/mol. The van der Waals surface area contributed by atoms with Crippen LogP contribution in [0.1, 0.15) is 17.7 Å². The quantitative estimate of drug-likeness (QED) is 0.662.